The molecule has 3 N–H and O–H groups in total. The first-order chi connectivity index (χ1) is 8.92. The van der Waals surface area contributed by atoms with Gasteiger partial charge in [0.15, 0.2) is 0 Å². The molecule has 1 atom stereocenters. The zero-order chi connectivity index (χ0) is 14.4. The van der Waals surface area contributed by atoms with Crippen molar-refractivity contribution in [3.05, 3.63) is 28.2 Å². The summed E-state index contributed by atoms with van der Waals surface area (Å²) in [7, 11) is 0. The standard InChI is InChI=1S/C12H14Cl2N2O3/c1-2-3-10(11(17)18)16-12(19)15-9-5-7(13)4-8(14)6-9/h4-6,10H,2-3H2,1H3,(H,17,18)(H2,15,16,19). The Bertz CT molecular complexity index is 460. The maximum atomic E-state index is 11.7. The van der Waals surface area contributed by atoms with Gasteiger partial charge in [-0.05, 0) is 24.6 Å². The zero-order valence-corrected chi connectivity index (χ0v) is 11.8. The van der Waals surface area contributed by atoms with Crippen molar-refractivity contribution >= 4 is 40.9 Å². The molecule has 0 aliphatic heterocycles. The highest BCUT2D eigenvalue weighted by Gasteiger charge is 2.18. The first-order valence-electron chi connectivity index (χ1n) is 5.68. The third-order valence-electron chi connectivity index (χ3n) is 2.30. The summed E-state index contributed by atoms with van der Waals surface area (Å²) in [6, 6.07) is 3.04. The minimum absolute atomic E-state index is 0.360. The molecular weight excluding hydrogens is 291 g/mol. The molecule has 0 bridgehead atoms. The summed E-state index contributed by atoms with van der Waals surface area (Å²) in [5.41, 5.74) is 0.399. The lowest BCUT2D eigenvalue weighted by Gasteiger charge is -2.14. The second-order valence-electron chi connectivity index (χ2n) is 3.94. The highest BCUT2D eigenvalue weighted by molar-refractivity contribution is 6.35. The van der Waals surface area contributed by atoms with Crippen molar-refractivity contribution in [3.8, 4) is 0 Å². The number of hydrogen-bond donors (Lipinski definition) is 3. The molecule has 19 heavy (non-hydrogen) atoms. The number of amides is 2. The summed E-state index contributed by atoms with van der Waals surface area (Å²) in [4.78, 5) is 22.6. The molecule has 0 aromatic heterocycles. The maximum absolute atomic E-state index is 11.7. The van der Waals surface area contributed by atoms with Crippen LogP contribution < -0.4 is 10.6 Å². The van der Waals surface area contributed by atoms with Crippen LogP contribution in [0.5, 0.6) is 0 Å². The number of carboxylic acids is 1. The van der Waals surface area contributed by atoms with Crippen molar-refractivity contribution in [2.24, 2.45) is 0 Å². The number of halogens is 2. The number of hydrogen-bond acceptors (Lipinski definition) is 2. The lowest BCUT2D eigenvalue weighted by Crippen LogP contribution is -2.42. The van der Waals surface area contributed by atoms with Crippen LogP contribution in [0.3, 0.4) is 0 Å². The normalized spacial score (nSPS) is 11.7. The van der Waals surface area contributed by atoms with E-state index in [1.54, 1.807) is 0 Å². The van der Waals surface area contributed by atoms with E-state index < -0.39 is 18.0 Å². The van der Waals surface area contributed by atoms with E-state index in [9.17, 15) is 9.59 Å². The van der Waals surface area contributed by atoms with Crippen LogP contribution in [-0.2, 0) is 4.79 Å². The van der Waals surface area contributed by atoms with Crippen molar-refractivity contribution in [2.75, 3.05) is 5.32 Å². The molecule has 7 heteroatoms. The summed E-state index contributed by atoms with van der Waals surface area (Å²) in [6.07, 6.45) is 1.01. The van der Waals surface area contributed by atoms with Gasteiger partial charge < -0.3 is 15.7 Å². The van der Waals surface area contributed by atoms with Gasteiger partial charge >= 0.3 is 12.0 Å². The molecule has 0 aliphatic rings. The van der Waals surface area contributed by atoms with Gasteiger partial charge in [0.1, 0.15) is 6.04 Å². The average Bonchev–Trinajstić information content (AvgIpc) is 2.26. The van der Waals surface area contributed by atoms with Crippen LogP contribution in [0, 0.1) is 0 Å². The van der Waals surface area contributed by atoms with Crippen molar-refractivity contribution < 1.29 is 14.7 Å². The quantitative estimate of drug-likeness (QED) is 0.780. The number of aliphatic carboxylic acids is 1. The molecule has 0 heterocycles. The van der Waals surface area contributed by atoms with Gasteiger partial charge in [0, 0.05) is 15.7 Å². The summed E-state index contributed by atoms with van der Waals surface area (Å²) >= 11 is 11.6. The van der Waals surface area contributed by atoms with Crippen LogP contribution in [-0.4, -0.2) is 23.1 Å². The van der Waals surface area contributed by atoms with Crippen LogP contribution >= 0.6 is 23.2 Å². The van der Waals surface area contributed by atoms with Gasteiger partial charge in [0.05, 0.1) is 0 Å². The molecule has 1 unspecified atom stereocenters. The first-order valence-corrected chi connectivity index (χ1v) is 6.44. The van der Waals surface area contributed by atoms with Gasteiger partial charge in [-0.15, -0.1) is 0 Å². The SMILES string of the molecule is CCCC(NC(=O)Nc1cc(Cl)cc(Cl)c1)C(=O)O. The van der Waals surface area contributed by atoms with Gasteiger partial charge in [-0.3, -0.25) is 0 Å². The van der Waals surface area contributed by atoms with E-state index in [0.29, 0.717) is 28.6 Å². The third kappa shape index (κ3) is 5.36. The van der Waals surface area contributed by atoms with Crippen LogP contribution in [0.2, 0.25) is 10.0 Å². The Hall–Kier alpha value is -1.46. The summed E-state index contributed by atoms with van der Waals surface area (Å²) in [5, 5.41) is 14.5. The molecule has 0 radical (unpaired) electrons. The summed E-state index contributed by atoms with van der Waals surface area (Å²) < 4.78 is 0. The lowest BCUT2D eigenvalue weighted by atomic mass is 10.2. The minimum atomic E-state index is -1.07. The molecule has 0 saturated carbocycles. The number of benzene rings is 1. The van der Waals surface area contributed by atoms with E-state index >= 15 is 0 Å². The molecule has 104 valence electrons. The predicted molar refractivity (Wildman–Crippen MR) is 74.9 cm³/mol. The fraction of sp³-hybridized carbons (Fsp3) is 0.333. The summed E-state index contributed by atoms with van der Waals surface area (Å²) in [6.45, 7) is 1.84. The van der Waals surface area contributed by atoms with Gasteiger partial charge in [-0.25, -0.2) is 9.59 Å². The van der Waals surface area contributed by atoms with E-state index in [4.69, 9.17) is 28.3 Å². The van der Waals surface area contributed by atoms with Crippen molar-refractivity contribution in [1.29, 1.82) is 0 Å². The highest BCUT2D eigenvalue weighted by atomic mass is 35.5. The van der Waals surface area contributed by atoms with Crippen LogP contribution in [0.1, 0.15) is 19.8 Å². The number of carbonyl (C=O) groups is 2. The first kappa shape index (κ1) is 15.6. The van der Waals surface area contributed by atoms with E-state index in [0.717, 1.165) is 0 Å². The van der Waals surface area contributed by atoms with Gasteiger partial charge in [-0.1, -0.05) is 36.5 Å². The molecule has 1 aromatic rings. The van der Waals surface area contributed by atoms with Crippen molar-refractivity contribution in [3.63, 3.8) is 0 Å². The van der Waals surface area contributed by atoms with Gasteiger partial charge in [-0.2, -0.15) is 0 Å². The number of carbonyl (C=O) groups excluding carboxylic acids is 1. The number of urea groups is 1. The Morgan fingerprint density at radius 3 is 2.32 bits per heavy atom. The smallest absolute Gasteiger partial charge is 0.326 e. The zero-order valence-electron chi connectivity index (χ0n) is 10.2. The monoisotopic (exact) mass is 304 g/mol. The highest BCUT2D eigenvalue weighted by Crippen LogP contribution is 2.22. The topological polar surface area (TPSA) is 78.4 Å². The Balaban J connectivity index is 2.66. The Labute approximate surface area is 120 Å². The Kier molecular flexibility index (Phi) is 5.92. The second-order valence-corrected chi connectivity index (χ2v) is 4.81. The molecule has 0 saturated heterocycles. The third-order valence-corrected chi connectivity index (χ3v) is 2.74. The number of rotatable bonds is 5. The fourth-order valence-electron chi connectivity index (χ4n) is 1.50. The molecule has 2 amide bonds. The van der Waals surface area contributed by atoms with Crippen LogP contribution in [0.15, 0.2) is 18.2 Å². The fourth-order valence-corrected chi connectivity index (χ4v) is 2.02. The molecule has 1 rings (SSSR count). The number of nitrogens with one attached hydrogen (secondary N) is 2. The molecule has 0 spiro atoms. The number of anilines is 1. The lowest BCUT2D eigenvalue weighted by molar-refractivity contribution is -0.139. The van der Waals surface area contributed by atoms with E-state index in [2.05, 4.69) is 10.6 Å². The van der Waals surface area contributed by atoms with Crippen LogP contribution in [0.25, 0.3) is 0 Å². The molecule has 0 fully saturated rings. The predicted octanol–water partition coefficient (Wildman–Crippen LogP) is 3.37. The Morgan fingerprint density at radius 2 is 1.84 bits per heavy atom. The van der Waals surface area contributed by atoms with E-state index in [-0.39, 0.29) is 0 Å². The number of carboxylic acid groups (broad SMARTS) is 1. The van der Waals surface area contributed by atoms with Crippen molar-refractivity contribution in [2.45, 2.75) is 25.8 Å². The average molecular weight is 305 g/mol. The van der Waals surface area contributed by atoms with Gasteiger partial charge in [0.2, 0.25) is 0 Å². The summed E-state index contributed by atoms with van der Waals surface area (Å²) in [5.74, 6) is -1.07. The maximum Gasteiger partial charge on any atom is 0.326 e. The largest absolute Gasteiger partial charge is 0.480 e. The van der Waals surface area contributed by atoms with Crippen molar-refractivity contribution in [1.82, 2.24) is 5.32 Å². The second kappa shape index (κ2) is 7.21. The molecular formula is C12H14Cl2N2O3. The van der Waals surface area contributed by atoms with E-state index in [1.165, 1.54) is 18.2 Å². The molecule has 5 nitrogen and oxygen atoms in total. The molecule has 0 aliphatic carbocycles. The van der Waals surface area contributed by atoms with Gasteiger partial charge in [0.25, 0.3) is 0 Å². The molecule has 1 aromatic carbocycles. The Morgan fingerprint density at radius 1 is 1.26 bits per heavy atom. The minimum Gasteiger partial charge on any atom is -0.480 e. The van der Waals surface area contributed by atoms with Crippen LogP contribution in [0.4, 0.5) is 10.5 Å². The van der Waals surface area contributed by atoms with E-state index in [1.807, 2.05) is 6.92 Å².